The summed E-state index contributed by atoms with van der Waals surface area (Å²) in [6, 6.07) is 10.9. The number of hydrogen-bond donors (Lipinski definition) is 2. The van der Waals surface area contributed by atoms with E-state index < -0.39 is 5.97 Å². The molecule has 0 radical (unpaired) electrons. The molecule has 5 nitrogen and oxygen atoms in total. The summed E-state index contributed by atoms with van der Waals surface area (Å²) in [5, 5.41) is 11.8. The summed E-state index contributed by atoms with van der Waals surface area (Å²) in [5.74, 6) is -1.04. The summed E-state index contributed by atoms with van der Waals surface area (Å²) in [4.78, 5) is 23.0. The molecule has 1 amide bonds. The van der Waals surface area contributed by atoms with Gasteiger partial charge in [0.05, 0.1) is 11.6 Å². The molecule has 1 aliphatic carbocycles. The largest absolute Gasteiger partial charge is 0.478 e. The van der Waals surface area contributed by atoms with Gasteiger partial charge in [0.25, 0.3) is 5.91 Å². The molecule has 1 aliphatic rings. The SMILES string of the molecule is O=C(O)c1coc(C(=O)NC(c2ccccc2)C2CC2)c1. The fraction of sp³-hybridized carbons (Fsp3) is 0.250. The highest BCUT2D eigenvalue weighted by Crippen LogP contribution is 2.41. The first kappa shape index (κ1) is 13.4. The number of aromatic carboxylic acids is 1. The minimum atomic E-state index is -1.11. The Kier molecular flexibility index (Phi) is 3.48. The summed E-state index contributed by atoms with van der Waals surface area (Å²) >= 11 is 0. The van der Waals surface area contributed by atoms with Gasteiger partial charge in [-0.05, 0) is 24.3 Å². The number of nitrogens with one attached hydrogen (secondary N) is 1. The maximum atomic E-state index is 12.2. The molecule has 0 saturated heterocycles. The second-order valence-corrected chi connectivity index (χ2v) is 5.20. The molecule has 1 aromatic carbocycles. The van der Waals surface area contributed by atoms with Crippen molar-refractivity contribution in [2.24, 2.45) is 5.92 Å². The number of carboxylic acid groups (broad SMARTS) is 1. The summed E-state index contributed by atoms with van der Waals surface area (Å²) < 4.78 is 5.03. The minimum Gasteiger partial charge on any atom is -0.478 e. The lowest BCUT2D eigenvalue weighted by atomic mass is 10.0. The van der Waals surface area contributed by atoms with Crippen LogP contribution in [0.4, 0.5) is 0 Å². The Morgan fingerprint density at radius 2 is 1.95 bits per heavy atom. The van der Waals surface area contributed by atoms with Crippen molar-refractivity contribution in [2.45, 2.75) is 18.9 Å². The van der Waals surface area contributed by atoms with Crippen LogP contribution < -0.4 is 5.32 Å². The normalized spacial score (nSPS) is 15.4. The van der Waals surface area contributed by atoms with Crippen molar-refractivity contribution in [3.05, 3.63) is 59.5 Å². The molecule has 21 heavy (non-hydrogen) atoms. The average molecular weight is 285 g/mol. The fourth-order valence-electron chi connectivity index (χ4n) is 2.34. The van der Waals surface area contributed by atoms with Gasteiger partial charge in [0.1, 0.15) is 6.26 Å². The van der Waals surface area contributed by atoms with E-state index >= 15 is 0 Å². The van der Waals surface area contributed by atoms with Crippen molar-refractivity contribution in [3.63, 3.8) is 0 Å². The van der Waals surface area contributed by atoms with Crippen molar-refractivity contribution in [1.82, 2.24) is 5.32 Å². The van der Waals surface area contributed by atoms with E-state index in [1.807, 2.05) is 30.3 Å². The Morgan fingerprint density at radius 1 is 1.24 bits per heavy atom. The molecule has 1 unspecified atom stereocenters. The van der Waals surface area contributed by atoms with Crippen LogP contribution in [0.3, 0.4) is 0 Å². The van der Waals surface area contributed by atoms with Gasteiger partial charge in [-0.25, -0.2) is 4.79 Å². The van der Waals surface area contributed by atoms with E-state index in [2.05, 4.69) is 5.32 Å². The van der Waals surface area contributed by atoms with Crippen LogP contribution in [-0.4, -0.2) is 17.0 Å². The molecule has 3 rings (SSSR count). The average Bonchev–Trinajstić information content (AvgIpc) is 3.20. The lowest BCUT2D eigenvalue weighted by Gasteiger charge is -2.17. The number of carboxylic acids is 1. The highest BCUT2D eigenvalue weighted by atomic mass is 16.4. The van der Waals surface area contributed by atoms with Gasteiger partial charge in [-0.2, -0.15) is 0 Å². The molecular formula is C16H15NO4. The Hall–Kier alpha value is -2.56. The number of furan rings is 1. The van der Waals surface area contributed by atoms with E-state index in [9.17, 15) is 9.59 Å². The van der Waals surface area contributed by atoms with Gasteiger partial charge in [-0.15, -0.1) is 0 Å². The molecular weight excluding hydrogens is 270 g/mol. The van der Waals surface area contributed by atoms with Crippen LogP contribution in [0.25, 0.3) is 0 Å². The molecule has 0 aliphatic heterocycles. The maximum Gasteiger partial charge on any atom is 0.338 e. The van der Waals surface area contributed by atoms with Crippen molar-refractivity contribution in [3.8, 4) is 0 Å². The van der Waals surface area contributed by atoms with Gasteiger partial charge in [-0.3, -0.25) is 4.79 Å². The second kappa shape index (κ2) is 5.44. The molecule has 2 N–H and O–H groups in total. The zero-order chi connectivity index (χ0) is 14.8. The summed E-state index contributed by atoms with van der Waals surface area (Å²) in [6.45, 7) is 0. The lowest BCUT2D eigenvalue weighted by Crippen LogP contribution is -2.29. The number of carbonyl (C=O) groups excluding carboxylic acids is 1. The standard InChI is InChI=1S/C16H15NO4/c18-15(13-8-12(9-21-13)16(19)20)17-14(11-6-7-11)10-4-2-1-3-5-10/h1-5,8-9,11,14H,6-7H2,(H,17,18)(H,19,20). The smallest absolute Gasteiger partial charge is 0.338 e. The van der Waals surface area contributed by atoms with Crippen LogP contribution in [0.15, 0.2) is 47.1 Å². The number of carbonyl (C=O) groups is 2. The van der Waals surface area contributed by atoms with Crippen LogP contribution in [0.5, 0.6) is 0 Å². The Bertz CT molecular complexity index is 658. The first-order valence-corrected chi connectivity index (χ1v) is 6.83. The zero-order valence-corrected chi connectivity index (χ0v) is 11.3. The van der Waals surface area contributed by atoms with Crippen LogP contribution in [0.1, 0.15) is 45.4 Å². The topological polar surface area (TPSA) is 79.5 Å². The van der Waals surface area contributed by atoms with E-state index in [4.69, 9.17) is 9.52 Å². The third kappa shape index (κ3) is 2.97. The highest BCUT2D eigenvalue weighted by molar-refractivity contribution is 5.95. The number of benzene rings is 1. The van der Waals surface area contributed by atoms with Gasteiger partial charge in [0, 0.05) is 6.07 Å². The maximum absolute atomic E-state index is 12.2. The van der Waals surface area contributed by atoms with Crippen molar-refractivity contribution in [2.75, 3.05) is 0 Å². The third-order valence-electron chi connectivity index (χ3n) is 3.61. The fourth-order valence-corrected chi connectivity index (χ4v) is 2.34. The number of hydrogen-bond acceptors (Lipinski definition) is 3. The van der Waals surface area contributed by atoms with E-state index in [0.29, 0.717) is 5.92 Å². The second-order valence-electron chi connectivity index (χ2n) is 5.20. The highest BCUT2D eigenvalue weighted by Gasteiger charge is 2.34. The lowest BCUT2D eigenvalue weighted by molar-refractivity contribution is 0.0695. The van der Waals surface area contributed by atoms with E-state index in [0.717, 1.165) is 24.7 Å². The Balaban J connectivity index is 1.76. The van der Waals surface area contributed by atoms with Crippen LogP contribution >= 0.6 is 0 Å². The Labute approximate surface area is 121 Å². The van der Waals surface area contributed by atoms with Gasteiger partial charge < -0.3 is 14.8 Å². The monoisotopic (exact) mass is 285 g/mol. The van der Waals surface area contributed by atoms with Crippen LogP contribution in [0, 0.1) is 5.92 Å². The van der Waals surface area contributed by atoms with Crippen LogP contribution in [0.2, 0.25) is 0 Å². The van der Waals surface area contributed by atoms with Gasteiger partial charge >= 0.3 is 5.97 Å². The molecule has 1 saturated carbocycles. The van der Waals surface area contributed by atoms with Crippen LogP contribution in [-0.2, 0) is 0 Å². The summed E-state index contributed by atoms with van der Waals surface area (Å²) in [7, 11) is 0. The number of amides is 1. The molecule has 108 valence electrons. The predicted molar refractivity (Wildman–Crippen MR) is 75.0 cm³/mol. The Morgan fingerprint density at radius 3 is 2.52 bits per heavy atom. The van der Waals surface area contributed by atoms with Gasteiger partial charge in [-0.1, -0.05) is 30.3 Å². The molecule has 1 atom stereocenters. The minimum absolute atomic E-state index is 0.0222. The van der Waals surface area contributed by atoms with Crippen molar-refractivity contribution < 1.29 is 19.1 Å². The first-order valence-electron chi connectivity index (χ1n) is 6.83. The summed E-state index contributed by atoms with van der Waals surface area (Å²) in [5.41, 5.74) is 1.03. The molecule has 1 fully saturated rings. The molecule has 0 spiro atoms. The molecule has 5 heteroatoms. The van der Waals surface area contributed by atoms with E-state index in [1.165, 1.54) is 6.07 Å². The van der Waals surface area contributed by atoms with E-state index in [1.54, 1.807) is 0 Å². The molecule has 0 bridgehead atoms. The van der Waals surface area contributed by atoms with Gasteiger partial charge in [0.15, 0.2) is 5.76 Å². The third-order valence-corrected chi connectivity index (χ3v) is 3.61. The van der Waals surface area contributed by atoms with Gasteiger partial charge in [0.2, 0.25) is 0 Å². The molecule has 2 aromatic rings. The van der Waals surface area contributed by atoms with Crippen molar-refractivity contribution >= 4 is 11.9 Å². The number of rotatable bonds is 5. The van der Waals surface area contributed by atoms with E-state index in [-0.39, 0.29) is 23.3 Å². The predicted octanol–water partition coefficient (Wildman–Crippen LogP) is 2.86. The molecule has 1 aromatic heterocycles. The van der Waals surface area contributed by atoms with Crippen molar-refractivity contribution in [1.29, 1.82) is 0 Å². The zero-order valence-electron chi connectivity index (χ0n) is 11.3. The molecule has 1 heterocycles. The first-order chi connectivity index (χ1) is 10.1. The summed E-state index contributed by atoms with van der Waals surface area (Å²) in [6.07, 6.45) is 3.24. The quantitative estimate of drug-likeness (QED) is 0.885.